The normalized spacial score (nSPS) is 9.83. The van der Waals surface area contributed by atoms with Crippen molar-refractivity contribution in [2.75, 3.05) is 24.5 Å². The zero-order chi connectivity index (χ0) is 8.81. The molecule has 1 heterocycles. The van der Waals surface area contributed by atoms with E-state index in [0.717, 1.165) is 13.1 Å². The minimum atomic E-state index is 0.691. The summed E-state index contributed by atoms with van der Waals surface area (Å²) in [5, 5.41) is 0. The monoisotopic (exact) mass is 165 g/mol. The lowest BCUT2D eigenvalue weighted by Gasteiger charge is -2.21. The van der Waals surface area contributed by atoms with Crippen LogP contribution in [0.5, 0.6) is 0 Å². The molecule has 0 aliphatic rings. The van der Waals surface area contributed by atoms with Crippen molar-refractivity contribution in [2.45, 2.75) is 6.92 Å². The first kappa shape index (κ1) is 9.00. The summed E-state index contributed by atoms with van der Waals surface area (Å²) in [4.78, 5) is 6.19. The van der Waals surface area contributed by atoms with Gasteiger partial charge in [-0.2, -0.15) is 0 Å². The van der Waals surface area contributed by atoms with Crippen LogP contribution in [-0.2, 0) is 0 Å². The van der Waals surface area contributed by atoms with Crippen LogP contribution >= 0.6 is 0 Å². The molecule has 2 N–H and O–H groups in total. The maximum atomic E-state index is 5.49. The van der Waals surface area contributed by atoms with Crippen molar-refractivity contribution in [1.82, 2.24) is 4.98 Å². The van der Waals surface area contributed by atoms with Crippen LogP contribution in [0.2, 0.25) is 0 Å². The molecule has 0 aliphatic heterocycles. The number of hydrogen-bond acceptors (Lipinski definition) is 3. The summed E-state index contributed by atoms with van der Waals surface area (Å²) in [5.41, 5.74) is 6.68. The SMILES string of the molecule is CCN(CCN)c1ccncc1. The predicted molar refractivity (Wildman–Crippen MR) is 51.2 cm³/mol. The number of aromatic nitrogens is 1. The highest BCUT2D eigenvalue weighted by Crippen LogP contribution is 2.10. The van der Waals surface area contributed by atoms with Gasteiger partial charge in [-0.1, -0.05) is 0 Å². The quantitative estimate of drug-likeness (QED) is 0.719. The van der Waals surface area contributed by atoms with Gasteiger partial charge in [0.2, 0.25) is 0 Å². The Hall–Kier alpha value is -1.09. The molecule has 66 valence electrons. The van der Waals surface area contributed by atoms with E-state index in [0.29, 0.717) is 6.54 Å². The maximum Gasteiger partial charge on any atom is 0.0397 e. The van der Waals surface area contributed by atoms with Crippen molar-refractivity contribution < 1.29 is 0 Å². The van der Waals surface area contributed by atoms with Gasteiger partial charge >= 0.3 is 0 Å². The molecule has 0 aromatic carbocycles. The predicted octanol–water partition coefficient (Wildman–Crippen LogP) is 0.867. The van der Waals surface area contributed by atoms with Crippen LogP contribution in [-0.4, -0.2) is 24.6 Å². The Morgan fingerprint density at radius 1 is 1.42 bits per heavy atom. The summed E-state index contributed by atoms with van der Waals surface area (Å²) in [5.74, 6) is 0. The third kappa shape index (κ3) is 2.20. The van der Waals surface area contributed by atoms with E-state index in [1.54, 1.807) is 12.4 Å². The molecule has 1 aromatic rings. The third-order valence-corrected chi connectivity index (χ3v) is 1.81. The zero-order valence-corrected chi connectivity index (χ0v) is 7.40. The molecule has 3 heteroatoms. The lowest BCUT2D eigenvalue weighted by atomic mass is 10.3. The highest BCUT2D eigenvalue weighted by molar-refractivity contribution is 5.44. The van der Waals surface area contributed by atoms with Crippen molar-refractivity contribution in [1.29, 1.82) is 0 Å². The molecule has 0 radical (unpaired) electrons. The van der Waals surface area contributed by atoms with Gasteiger partial charge < -0.3 is 10.6 Å². The number of rotatable bonds is 4. The zero-order valence-electron chi connectivity index (χ0n) is 7.40. The van der Waals surface area contributed by atoms with Gasteiger partial charge in [0.1, 0.15) is 0 Å². The minimum absolute atomic E-state index is 0.691. The van der Waals surface area contributed by atoms with Gasteiger partial charge in [0.15, 0.2) is 0 Å². The Bertz CT molecular complexity index is 210. The number of hydrogen-bond donors (Lipinski definition) is 1. The third-order valence-electron chi connectivity index (χ3n) is 1.81. The van der Waals surface area contributed by atoms with Crippen LogP contribution in [0.4, 0.5) is 5.69 Å². The van der Waals surface area contributed by atoms with Crippen molar-refractivity contribution in [3.8, 4) is 0 Å². The van der Waals surface area contributed by atoms with Gasteiger partial charge in [-0.15, -0.1) is 0 Å². The second kappa shape index (κ2) is 4.72. The van der Waals surface area contributed by atoms with Gasteiger partial charge in [-0.3, -0.25) is 4.98 Å². The maximum absolute atomic E-state index is 5.49. The van der Waals surface area contributed by atoms with E-state index in [1.165, 1.54) is 5.69 Å². The Balaban J connectivity index is 2.66. The van der Waals surface area contributed by atoms with Crippen LogP contribution in [0.3, 0.4) is 0 Å². The highest BCUT2D eigenvalue weighted by Gasteiger charge is 2.00. The van der Waals surface area contributed by atoms with Gasteiger partial charge in [-0.25, -0.2) is 0 Å². The summed E-state index contributed by atoms with van der Waals surface area (Å²) in [6.07, 6.45) is 3.60. The molecule has 0 aliphatic carbocycles. The van der Waals surface area contributed by atoms with Crippen LogP contribution in [0, 0.1) is 0 Å². The highest BCUT2D eigenvalue weighted by atomic mass is 15.1. The Morgan fingerprint density at radius 2 is 2.08 bits per heavy atom. The summed E-state index contributed by atoms with van der Waals surface area (Å²) in [6, 6.07) is 4.00. The summed E-state index contributed by atoms with van der Waals surface area (Å²) < 4.78 is 0. The molecule has 0 saturated heterocycles. The van der Waals surface area contributed by atoms with Crippen molar-refractivity contribution >= 4 is 5.69 Å². The number of anilines is 1. The van der Waals surface area contributed by atoms with E-state index in [-0.39, 0.29) is 0 Å². The first-order valence-corrected chi connectivity index (χ1v) is 4.23. The average Bonchev–Trinajstić information content (AvgIpc) is 2.15. The molecule has 0 fully saturated rings. The fourth-order valence-electron chi connectivity index (χ4n) is 1.18. The smallest absolute Gasteiger partial charge is 0.0397 e. The standard InChI is InChI=1S/C9H15N3/c1-2-12(8-5-10)9-3-6-11-7-4-9/h3-4,6-7H,2,5,8,10H2,1H3. The summed E-state index contributed by atoms with van der Waals surface area (Å²) >= 11 is 0. The molecule has 0 saturated carbocycles. The molecule has 0 spiro atoms. The lowest BCUT2D eigenvalue weighted by molar-refractivity contribution is 0.816. The molecule has 1 aromatic heterocycles. The van der Waals surface area contributed by atoms with Crippen LogP contribution in [0.25, 0.3) is 0 Å². The van der Waals surface area contributed by atoms with E-state index in [2.05, 4.69) is 16.8 Å². The Labute approximate surface area is 73.2 Å². The van der Waals surface area contributed by atoms with E-state index in [9.17, 15) is 0 Å². The van der Waals surface area contributed by atoms with Gasteiger partial charge in [0.25, 0.3) is 0 Å². The van der Waals surface area contributed by atoms with E-state index < -0.39 is 0 Å². The van der Waals surface area contributed by atoms with E-state index >= 15 is 0 Å². The average molecular weight is 165 g/mol. The number of pyridine rings is 1. The Morgan fingerprint density at radius 3 is 2.58 bits per heavy atom. The second-order valence-electron chi connectivity index (χ2n) is 2.57. The molecular formula is C9H15N3. The van der Waals surface area contributed by atoms with Crippen LogP contribution < -0.4 is 10.6 Å². The molecule has 0 bridgehead atoms. The second-order valence-corrected chi connectivity index (χ2v) is 2.57. The first-order chi connectivity index (χ1) is 5.88. The lowest BCUT2D eigenvalue weighted by Crippen LogP contribution is -2.28. The molecule has 0 amide bonds. The van der Waals surface area contributed by atoms with Gasteiger partial charge in [0, 0.05) is 37.7 Å². The largest absolute Gasteiger partial charge is 0.370 e. The molecule has 3 nitrogen and oxygen atoms in total. The summed E-state index contributed by atoms with van der Waals surface area (Å²) in [7, 11) is 0. The fraction of sp³-hybridized carbons (Fsp3) is 0.444. The van der Waals surface area contributed by atoms with Crippen molar-refractivity contribution in [3.05, 3.63) is 24.5 Å². The van der Waals surface area contributed by atoms with E-state index in [4.69, 9.17) is 5.73 Å². The topological polar surface area (TPSA) is 42.1 Å². The van der Waals surface area contributed by atoms with E-state index in [1.807, 2.05) is 12.1 Å². The minimum Gasteiger partial charge on any atom is -0.370 e. The molecule has 0 atom stereocenters. The van der Waals surface area contributed by atoms with Crippen LogP contribution in [0.1, 0.15) is 6.92 Å². The number of nitrogens with zero attached hydrogens (tertiary/aromatic N) is 2. The van der Waals surface area contributed by atoms with Crippen molar-refractivity contribution in [3.63, 3.8) is 0 Å². The molecule has 12 heavy (non-hydrogen) atoms. The Kier molecular flexibility index (Phi) is 3.54. The molecule has 0 unspecified atom stereocenters. The van der Waals surface area contributed by atoms with Gasteiger partial charge in [0.05, 0.1) is 0 Å². The fourth-order valence-corrected chi connectivity index (χ4v) is 1.18. The molecule has 1 rings (SSSR count). The molecular weight excluding hydrogens is 150 g/mol. The van der Waals surface area contributed by atoms with Crippen molar-refractivity contribution in [2.24, 2.45) is 5.73 Å². The first-order valence-electron chi connectivity index (χ1n) is 4.23. The van der Waals surface area contributed by atoms with Gasteiger partial charge in [-0.05, 0) is 19.1 Å². The number of likely N-dealkylation sites (N-methyl/N-ethyl adjacent to an activating group) is 1. The summed E-state index contributed by atoms with van der Waals surface area (Å²) in [6.45, 7) is 4.70. The number of nitrogens with two attached hydrogens (primary N) is 1. The van der Waals surface area contributed by atoms with Crippen LogP contribution in [0.15, 0.2) is 24.5 Å².